The largest absolute Gasteiger partial charge is 0.354 e. The van der Waals surface area contributed by atoms with Crippen LogP contribution in [0.4, 0.5) is 4.39 Å². The van der Waals surface area contributed by atoms with Crippen molar-refractivity contribution in [3.8, 4) is 0 Å². The van der Waals surface area contributed by atoms with Gasteiger partial charge in [0.05, 0.1) is 12.5 Å². The molecule has 1 unspecified atom stereocenters. The van der Waals surface area contributed by atoms with Crippen LogP contribution in [0.25, 0.3) is 0 Å². The van der Waals surface area contributed by atoms with Gasteiger partial charge in [0.1, 0.15) is 11.5 Å². The SMILES string of the molecule is CN1C(=O)c2cccn2CC1CNC(=O)Cc1cccc(F)c1. The van der Waals surface area contributed by atoms with Crippen LogP contribution in [0.3, 0.4) is 0 Å². The summed E-state index contributed by atoms with van der Waals surface area (Å²) in [5.41, 5.74) is 1.29. The van der Waals surface area contributed by atoms with E-state index >= 15 is 0 Å². The first-order valence-electron chi connectivity index (χ1n) is 7.48. The molecule has 1 aliphatic rings. The number of aromatic nitrogens is 1. The lowest BCUT2D eigenvalue weighted by molar-refractivity contribution is -0.120. The van der Waals surface area contributed by atoms with Gasteiger partial charge in [-0.05, 0) is 29.8 Å². The van der Waals surface area contributed by atoms with E-state index in [1.807, 2.05) is 16.8 Å². The molecule has 1 aromatic carbocycles. The monoisotopic (exact) mass is 315 g/mol. The van der Waals surface area contributed by atoms with Gasteiger partial charge in [-0.2, -0.15) is 0 Å². The van der Waals surface area contributed by atoms with Crippen molar-refractivity contribution in [2.75, 3.05) is 13.6 Å². The van der Waals surface area contributed by atoms with Crippen LogP contribution in [0.5, 0.6) is 0 Å². The van der Waals surface area contributed by atoms with Gasteiger partial charge >= 0.3 is 0 Å². The zero-order valence-corrected chi connectivity index (χ0v) is 12.8. The lowest BCUT2D eigenvalue weighted by Gasteiger charge is -2.33. The van der Waals surface area contributed by atoms with Crippen molar-refractivity contribution < 1.29 is 14.0 Å². The van der Waals surface area contributed by atoms with Crippen LogP contribution in [0.15, 0.2) is 42.6 Å². The average Bonchev–Trinajstić information content (AvgIpc) is 2.98. The highest BCUT2D eigenvalue weighted by Crippen LogP contribution is 2.16. The zero-order valence-electron chi connectivity index (χ0n) is 12.8. The van der Waals surface area contributed by atoms with Crippen molar-refractivity contribution in [2.45, 2.75) is 19.0 Å². The van der Waals surface area contributed by atoms with E-state index in [2.05, 4.69) is 5.32 Å². The highest BCUT2D eigenvalue weighted by atomic mass is 19.1. The van der Waals surface area contributed by atoms with E-state index in [9.17, 15) is 14.0 Å². The van der Waals surface area contributed by atoms with Crippen molar-refractivity contribution in [3.63, 3.8) is 0 Å². The van der Waals surface area contributed by atoms with Crippen LogP contribution in [-0.2, 0) is 17.8 Å². The number of nitrogens with one attached hydrogen (secondary N) is 1. The Bertz CT molecular complexity index is 741. The Hall–Kier alpha value is -2.63. The second kappa shape index (κ2) is 6.24. The summed E-state index contributed by atoms with van der Waals surface area (Å²) < 4.78 is 15.0. The van der Waals surface area contributed by atoms with Gasteiger partial charge in [-0.1, -0.05) is 12.1 Å². The van der Waals surface area contributed by atoms with Crippen molar-refractivity contribution in [1.82, 2.24) is 14.8 Å². The van der Waals surface area contributed by atoms with E-state index in [-0.39, 0.29) is 30.1 Å². The first-order valence-corrected chi connectivity index (χ1v) is 7.48. The number of carbonyl (C=O) groups is 2. The molecule has 1 aliphatic heterocycles. The molecular formula is C17H18FN3O2. The van der Waals surface area contributed by atoms with Gasteiger partial charge in [0, 0.05) is 26.3 Å². The van der Waals surface area contributed by atoms with Gasteiger partial charge in [0.25, 0.3) is 5.91 Å². The molecule has 2 amide bonds. The maximum atomic E-state index is 13.1. The summed E-state index contributed by atoms with van der Waals surface area (Å²) in [4.78, 5) is 25.9. The molecule has 1 aromatic heterocycles. The molecule has 1 N–H and O–H groups in total. The molecule has 1 atom stereocenters. The van der Waals surface area contributed by atoms with Crippen molar-refractivity contribution in [2.24, 2.45) is 0 Å². The standard InChI is InChI=1S/C17H18FN3O2/c1-20-14(11-21-7-3-6-15(21)17(20)23)10-19-16(22)9-12-4-2-5-13(18)8-12/h2-8,14H,9-11H2,1H3,(H,19,22). The number of rotatable bonds is 4. The normalized spacial score (nSPS) is 17.0. The first kappa shape index (κ1) is 15.3. The number of likely N-dealkylation sites (N-methyl/N-ethyl adjacent to an activating group) is 1. The maximum Gasteiger partial charge on any atom is 0.270 e. The molecule has 23 heavy (non-hydrogen) atoms. The number of hydrogen-bond donors (Lipinski definition) is 1. The Morgan fingerprint density at radius 2 is 2.17 bits per heavy atom. The van der Waals surface area contributed by atoms with Crippen molar-refractivity contribution in [1.29, 1.82) is 0 Å². The van der Waals surface area contributed by atoms with Crippen LogP contribution >= 0.6 is 0 Å². The zero-order chi connectivity index (χ0) is 16.4. The predicted molar refractivity (Wildman–Crippen MR) is 83.4 cm³/mol. The molecule has 2 heterocycles. The lowest BCUT2D eigenvalue weighted by atomic mass is 10.1. The molecule has 0 spiro atoms. The topological polar surface area (TPSA) is 54.3 Å². The molecule has 120 valence electrons. The summed E-state index contributed by atoms with van der Waals surface area (Å²) in [5, 5.41) is 2.83. The Kier molecular flexibility index (Phi) is 4.14. The molecule has 0 aliphatic carbocycles. The summed E-state index contributed by atoms with van der Waals surface area (Å²) >= 11 is 0. The maximum absolute atomic E-state index is 13.1. The van der Waals surface area contributed by atoms with Gasteiger partial charge < -0.3 is 14.8 Å². The predicted octanol–water partition coefficient (Wildman–Crippen LogP) is 1.44. The van der Waals surface area contributed by atoms with Crippen LogP contribution in [0.2, 0.25) is 0 Å². The second-order valence-electron chi connectivity index (χ2n) is 5.73. The summed E-state index contributed by atoms with van der Waals surface area (Å²) in [5.74, 6) is -0.589. The fraction of sp³-hybridized carbons (Fsp3) is 0.294. The Labute approximate surface area is 133 Å². The number of benzene rings is 1. The highest BCUT2D eigenvalue weighted by molar-refractivity contribution is 5.93. The smallest absolute Gasteiger partial charge is 0.270 e. The molecule has 0 bridgehead atoms. The van der Waals surface area contributed by atoms with Crippen molar-refractivity contribution in [3.05, 3.63) is 59.7 Å². The average molecular weight is 315 g/mol. The molecule has 0 saturated heterocycles. The molecule has 3 rings (SSSR count). The van der Waals surface area contributed by atoms with E-state index in [0.717, 1.165) is 0 Å². The first-order chi connectivity index (χ1) is 11.0. The number of nitrogens with zero attached hydrogens (tertiary/aromatic N) is 2. The van der Waals surface area contributed by atoms with E-state index in [1.54, 1.807) is 30.1 Å². The van der Waals surface area contributed by atoms with Crippen LogP contribution < -0.4 is 5.32 Å². The number of halogens is 1. The fourth-order valence-electron chi connectivity index (χ4n) is 2.79. The van der Waals surface area contributed by atoms with Gasteiger partial charge in [-0.25, -0.2) is 4.39 Å². The van der Waals surface area contributed by atoms with Crippen LogP contribution in [-0.4, -0.2) is 40.9 Å². The van der Waals surface area contributed by atoms with Gasteiger partial charge in [0.15, 0.2) is 0 Å². The third-order valence-electron chi connectivity index (χ3n) is 4.11. The van der Waals surface area contributed by atoms with Gasteiger partial charge in [-0.15, -0.1) is 0 Å². The van der Waals surface area contributed by atoms with Crippen LogP contribution in [0.1, 0.15) is 16.1 Å². The third kappa shape index (κ3) is 3.26. The van der Waals surface area contributed by atoms with Gasteiger partial charge in [0.2, 0.25) is 5.91 Å². The minimum Gasteiger partial charge on any atom is -0.354 e. The number of hydrogen-bond acceptors (Lipinski definition) is 2. The Morgan fingerprint density at radius 1 is 1.35 bits per heavy atom. The summed E-state index contributed by atoms with van der Waals surface area (Å²) in [6.45, 7) is 1.01. The molecule has 0 radical (unpaired) electrons. The molecule has 6 heteroatoms. The number of carbonyl (C=O) groups excluding carboxylic acids is 2. The highest BCUT2D eigenvalue weighted by Gasteiger charge is 2.29. The van der Waals surface area contributed by atoms with E-state index < -0.39 is 0 Å². The minimum absolute atomic E-state index is 0.0503. The number of fused-ring (bicyclic) bond motifs is 1. The van der Waals surface area contributed by atoms with Crippen LogP contribution in [0, 0.1) is 5.82 Å². The molecule has 0 fully saturated rings. The number of amides is 2. The lowest BCUT2D eigenvalue weighted by Crippen LogP contribution is -2.51. The summed E-state index contributed by atoms with van der Waals surface area (Å²) in [6.07, 6.45) is 1.98. The van der Waals surface area contributed by atoms with E-state index in [1.165, 1.54) is 12.1 Å². The summed E-state index contributed by atoms with van der Waals surface area (Å²) in [7, 11) is 1.74. The Morgan fingerprint density at radius 3 is 2.96 bits per heavy atom. The van der Waals surface area contributed by atoms with Gasteiger partial charge in [-0.3, -0.25) is 9.59 Å². The molecule has 2 aromatic rings. The molecule has 0 saturated carbocycles. The van der Waals surface area contributed by atoms with E-state index in [4.69, 9.17) is 0 Å². The third-order valence-corrected chi connectivity index (χ3v) is 4.11. The quantitative estimate of drug-likeness (QED) is 0.928. The van der Waals surface area contributed by atoms with E-state index in [0.29, 0.717) is 24.3 Å². The summed E-state index contributed by atoms with van der Waals surface area (Å²) in [6, 6.07) is 9.52. The Balaban J connectivity index is 1.58. The molecule has 5 nitrogen and oxygen atoms in total. The fourth-order valence-corrected chi connectivity index (χ4v) is 2.79. The second-order valence-corrected chi connectivity index (χ2v) is 5.73. The van der Waals surface area contributed by atoms with Crippen molar-refractivity contribution >= 4 is 11.8 Å². The minimum atomic E-state index is -0.354. The molecular weight excluding hydrogens is 297 g/mol.